The number of halogens is 1. The predicted octanol–water partition coefficient (Wildman–Crippen LogP) is 3.67. The molecule has 1 amide bonds. The van der Waals surface area contributed by atoms with Crippen molar-refractivity contribution in [3.8, 4) is 16.3 Å². The van der Waals surface area contributed by atoms with Crippen LogP contribution in [0.15, 0.2) is 48.1 Å². The van der Waals surface area contributed by atoms with Gasteiger partial charge in [-0.1, -0.05) is 0 Å². The zero-order chi connectivity index (χ0) is 17.6. The Kier molecular flexibility index (Phi) is 5.35. The largest absolute Gasteiger partial charge is 0.494 e. The van der Waals surface area contributed by atoms with Crippen molar-refractivity contribution in [1.29, 1.82) is 0 Å². The van der Waals surface area contributed by atoms with Crippen LogP contribution >= 0.6 is 11.3 Å². The number of aromatic nitrogens is 2. The number of hydrogen-bond acceptors (Lipinski definition) is 5. The number of amides is 1. The maximum absolute atomic E-state index is 14.2. The van der Waals surface area contributed by atoms with E-state index in [9.17, 15) is 9.18 Å². The summed E-state index contributed by atoms with van der Waals surface area (Å²) in [6, 6.07) is 8.26. The second-order valence-electron chi connectivity index (χ2n) is 5.15. The molecular weight excluding hydrogens is 341 g/mol. The maximum Gasteiger partial charge on any atom is 0.271 e. The van der Waals surface area contributed by atoms with Crippen LogP contribution in [0.1, 0.15) is 23.0 Å². The van der Waals surface area contributed by atoms with Crippen LogP contribution in [0.25, 0.3) is 10.6 Å². The van der Waals surface area contributed by atoms with Gasteiger partial charge >= 0.3 is 0 Å². The number of benzene rings is 1. The van der Waals surface area contributed by atoms with Crippen LogP contribution in [0.5, 0.6) is 5.75 Å². The van der Waals surface area contributed by atoms with Gasteiger partial charge in [0, 0.05) is 35.9 Å². The van der Waals surface area contributed by atoms with Gasteiger partial charge in [0.15, 0.2) is 0 Å². The van der Waals surface area contributed by atoms with Crippen LogP contribution in [0.4, 0.5) is 4.39 Å². The average molecular weight is 357 g/mol. The van der Waals surface area contributed by atoms with Crippen molar-refractivity contribution in [2.45, 2.75) is 13.5 Å². The topological polar surface area (TPSA) is 64.1 Å². The molecule has 1 aromatic carbocycles. The molecule has 7 heteroatoms. The Hall–Kier alpha value is -2.80. The number of carbonyl (C=O) groups is 1. The van der Waals surface area contributed by atoms with Crippen molar-refractivity contribution in [1.82, 2.24) is 15.3 Å². The first-order chi connectivity index (χ1) is 12.2. The molecule has 2 heterocycles. The molecule has 0 unspecified atom stereocenters. The predicted molar refractivity (Wildman–Crippen MR) is 94.1 cm³/mol. The Morgan fingerprint density at radius 3 is 2.80 bits per heavy atom. The van der Waals surface area contributed by atoms with Crippen molar-refractivity contribution >= 4 is 17.2 Å². The monoisotopic (exact) mass is 357 g/mol. The number of hydrogen-bond donors (Lipinski definition) is 1. The number of thiazole rings is 1. The van der Waals surface area contributed by atoms with Crippen molar-refractivity contribution < 1.29 is 13.9 Å². The minimum Gasteiger partial charge on any atom is -0.494 e. The van der Waals surface area contributed by atoms with Gasteiger partial charge in [0.05, 0.1) is 6.61 Å². The maximum atomic E-state index is 14.2. The molecule has 0 saturated heterocycles. The van der Waals surface area contributed by atoms with Gasteiger partial charge in [0.2, 0.25) is 0 Å². The number of rotatable bonds is 6. The molecule has 0 saturated carbocycles. The van der Waals surface area contributed by atoms with Gasteiger partial charge in [-0.15, -0.1) is 11.3 Å². The van der Waals surface area contributed by atoms with E-state index in [-0.39, 0.29) is 11.6 Å². The smallest absolute Gasteiger partial charge is 0.271 e. The fourth-order valence-electron chi connectivity index (χ4n) is 2.20. The van der Waals surface area contributed by atoms with Crippen LogP contribution in [-0.4, -0.2) is 22.5 Å². The molecule has 0 bridgehead atoms. The van der Waals surface area contributed by atoms with Gasteiger partial charge in [0.25, 0.3) is 5.91 Å². The standard InChI is InChI=1S/C18H16FN3O2S/c1-2-24-13-3-4-14(15(19)9-13)18-22-16(11-25-18)17(23)21-10-12-5-7-20-8-6-12/h3-9,11H,2,10H2,1H3,(H,21,23). The Bertz CT molecular complexity index is 868. The normalized spacial score (nSPS) is 10.5. The van der Waals surface area contributed by atoms with E-state index in [0.29, 0.717) is 29.5 Å². The molecule has 25 heavy (non-hydrogen) atoms. The highest BCUT2D eigenvalue weighted by atomic mass is 32.1. The van der Waals surface area contributed by atoms with E-state index in [1.165, 1.54) is 17.4 Å². The molecule has 0 radical (unpaired) electrons. The molecule has 3 rings (SSSR count). The number of nitrogens with zero attached hydrogens (tertiary/aromatic N) is 2. The zero-order valence-corrected chi connectivity index (χ0v) is 14.3. The van der Waals surface area contributed by atoms with E-state index in [2.05, 4.69) is 15.3 Å². The third-order valence-electron chi connectivity index (χ3n) is 3.42. The van der Waals surface area contributed by atoms with Gasteiger partial charge in [-0.2, -0.15) is 0 Å². The number of nitrogens with one attached hydrogen (secondary N) is 1. The Morgan fingerprint density at radius 2 is 2.08 bits per heavy atom. The summed E-state index contributed by atoms with van der Waals surface area (Å²) < 4.78 is 19.5. The molecule has 0 aliphatic carbocycles. The lowest BCUT2D eigenvalue weighted by atomic mass is 10.2. The highest BCUT2D eigenvalue weighted by molar-refractivity contribution is 7.13. The molecule has 2 aromatic heterocycles. The van der Waals surface area contributed by atoms with Crippen LogP contribution in [0, 0.1) is 5.82 Å². The summed E-state index contributed by atoms with van der Waals surface area (Å²) in [5.41, 5.74) is 1.56. The SMILES string of the molecule is CCOc1ccc(-c2nc(C(=O)NCc3ccncc3)cs2)c(F)c1. The van der Waals surface area contributed by atoms with Crippen molar-refractivity contribution in [2.75, 3.05) is 6.61 Å². The summed E-state index contributed by atoms with van der Waals surface area (Å²) in [5, 5.41) is 4.86. The van der Waals surface area contributed by atoms with E-state index in [1.54, 1.807) is 29.9 Å². The van der Waals surface area contributed by atoms with Gasteiger partial charge < -0.3 is 10.1 Å². The fourth-order valence-corrected chi connectivity index (χ4v) is 3.03. The molecular formula is C18H16FN3O2S. The quantitative estimate of drug-likeness (QED) is 0.731. The molecule has 0 aliphatic rings. The molecule has 0 aliphatic heterocycles. The van der Waals surface area contributed by atoms with Crippen molar-refractivity contribution in [3.05, 3.63) is 65.2 Å². The minimum absolute atomic E-state index is 0.266. The van der Waals surface area contributed by atoms with Crippen molar-refractivity contribution in [3.63, 3.8) is 0 Å². The lowest BCUT2D eigenvalue weighted by molar-refractivity contribution is 0.0946. The Labute approximate surface area is 148 Å². The van der Waals surface area contributed by atoms with E-state index in [0.717, 1.165) is 5.56 Å². The molecule has 5 nitrogen and oxygen atoms in total. The van der Waals surface area contributed by atoms with Gasteiger partial charge in [-0.25, -0.2) is 9.37 Å². The summed E-state index contributed by atoms with van der Waals surface area (Å²) >= 11 is 1.22. The minimum atomic E-state index is -0.427. The summed E-state index contributed by atoms with van der Waals surface area (Å²) in [5.74, 6) is -0.259. The van der Waals surface area contributed by atoms with Crippen LogP contribution in [0.2, 0.25) is 0 Å². The summed E-state index contributed by atoms with van der Waals surface area (Å²) in [4.78, 5) is 20.4. The molecule has 0 spiro atoms. The third kappa shape index (κ3) is 4.19. The lowest BCUT2D eigenvalue weighted by Crippen LogP contribution is -2.23. The number of ether oxygens (including phenoxy) is 1. The van der Waals surface area contributed by atoms with Crippen molar-refractivity contribution in [2.24, 2.45) is 0 Å². The third-order valence-corrected chi connectivity index (χ3v) is 4.30. The zero-order valence-electron chi connectivity index (χ0n) is 13.5. The fraction of sp³-hybridized carbons (Fsp3) is 0.167. The first-order valence-corrected chi connectivity index (χ1v) is 8.60. The molecule has 1 N–H and O–H groups in total. The summed E-state index contributed by atoms with van der Waals surface area (Å²) in [6.07, 6.45) is 3.33. The van der Waals surface area contributed by atoms with E-state index in [1.807, 2.05) is 19.1 Å². The second-order valence-corrected chi connectivity index (χ2v) is 6.01. The number of carbonyl (C=O) groups excluding carboxylic acids is 1. The first-order valence-electron chi connectivity index (χ1n) is 7.72. The van der Waals surface area contributed by atoms with E-state index >= 15 is 0 Å². The highest BCUT2D eigenvalue weighted by Gasteiger charge is 2.14. The van der Waals surface area contributed by atoms with E-state index in [4.69, 9.17) is 4.74 Å². The molecule has 0 atom stereocenters. The molecule has 3 aromatic rings. The van der Waals surface area contributed by atoms with Gasteiger partial charge in [0.1, 0.15) is 22.3 Å². The van der Waals surface area contributed by atoms with Gasteiger partial charge in [-0.3, -0.25) is 9.78 Å². The second kappa shape index (κ2) is 7.85. The summed E-state index contributed by atoms with van der Waals surface area (Å²) in [6.45, 7) is 2.69. The average Bonchev–Trinajstić information content (AvgIpc) is 3.11. The summed E-state index contributed by atoms with van der Waals surface area (Å²) in [7, 11) is 0. The first kappa shape index (κ1) is 17.0. The van der Waals surface area contributed by atoms with Gasteiger partial charge in [-0.05, 0) is 36.8 Å². The van der Waals surface area contributed by atoms with E-state index < -0.39 is 5.82 Å². The highest BCUT2D eigenvalue weighted by Crippen LogP contribution is 2.29. The number of pyridine rings is 1. The van der Waals surface area contributed by atoms with Crippen LogP contribution < -0.4 is 10.1 Å². The van der Waals surface area contributed by atoms with Crippen LogP contribution in [0.3, 0.4) is 0 Å². The molecule has 0 fully saturated rings. The Morgan fingerprint density at radius 1 is 1.28 bits per heavy atom. The lowest BCUT2D eigenvalue weighted by Gasteiger charge is -2.05. The van der Waals surface area contributed by atoms with Crippen LogP contribution in [-0.2, 0) is 6.54 Å². The Balaban J connectivity index is 1.70. The molecule has 128 valence electrons.